The lowest BCUT2D eigenvalue weighted by Crippen LogP contribution is -2.05. The van der Waals surface area contributed by atoms with Crippen LogP contribution in [0.5, 0.6) is 0 Å². The third-order valence-corrected chi connectivity index (χ3v) is 4.49. The SMILES string of the molecule is CCC(CC)CC(O)c1csc(I)c1. The van der Waals surface area contributed by atoms with E-state index in [1.54, 1.807) is 11.3 Å². The standard InChI is InChI=1S/C11H17IOS/c1-3-8(4-2)5-10(13)9-6-11(12)14-7-9/h6-8,10,13H,3-5H2,1-2H3. The summed E-state index contributed by atoms with van der Waals surface area (Å²) in [6.45, 7) is 4.39. The van der Waals surface area contributed by atoms with Gasteiger partial charge in [0.15, 0.2) is 0 Å². The average Bonchev–Trinajstić information content (AvgIpc) is 2.61. The molecule has 1 unspecified atom stereocenters. The maximum atomic E-state index is 9.97. The normalized spacial score (nSPS) is 13.5. The number of thiophene rings is 1. The van der Waals surface area contributed by atoms with Crippen LogP contribution in [0.2, 0.25) is 0 Å². The van der Waals surface area contributed by atoms with Crippen molar-refractivity contribution >= 4 is 33.9 Å². The lowest BCUT2D eigenvalue weighted by atomic mass is 9.94. The van der Waals surface area contributed by atoms with Gasteiger partial charge in [-0.1, -0.05) is 26.7 Å². The highest BCUT2D eigenvalue weighted by Gasteiger charge is 2.14. The molecule has 0 fully saturated rings. The largest absolute Gasteiger partial charge is 0.388 e. The molecular formula is C11H17IOS. The van der Waals surface area contributed by atoms with Crippen molar-refractivity contribution in [2.75, 3.05) is 0 Å². The molecule has 0 amide bonds. The summed E-state index contributed by atoms with van der Waals surface area (Å²) in [5, 5.41) is 12.0. The number of rotatable bonds is 5. The van der Waals surface area contributed by atoms with Gasteiger partial charge >= 0.3 is 0 Å². The quantitative estimate of drug-likeness (QED) is 0.805. The smallest absolute Gasteiger partial charge is 0.0801 e. The summed E-state index contributed by atoms with van der Waals surface area (Å²) in [4.78, 5) is 0. The van der Waals surface area contributed by atoms with Gasteiger partial charge in [0.2, 0.25) is 0 Å². The van der Waals surface area contributed by atoms with Crippen molar-refractivity contribution in [1.82, 2.24) is 0 Å². The third-order valence-electron chi connectivity index (χ3n) is 2.68. The van der Waals surface area contributed by atoms with Crippen LogP contribution in [-0.4, -0.2) is 5.11 Å². The van der Waals surface area contributed by atoms with Crippen LogP contribution in [0.3, 0.4) is 0 Å². The first-order valence-electron chi connectivity index (χ1n) is 5.09. The minimum absolute atomic E-state index is 0.264. The topological polar surface area (TPSA) is 20.2 Å². The van der Waals surface area contributed by atoms with E-state index in [-0.39, 0.29) is 6.10 Å². The Morgan fingerprint density at radius 2 is 2.07 bits per heavy atom. The van der Waals surface area contributed by atoms with Crippen molar-refractivity contribution in [2.45, 2.75) is 39.2 Å². The molecule has 80 valence electrons. The van der Waals surface area contributed by atoms with Crippen molar-refractivity contribution < 1.29 is 5.11 Å². The van der Waals surface area contributed by atoms with Crippen LogP contribution in [0.4, 0.5) is 0 Å². The van der Waals surface area contributed by atoms with Gasteiger partial charge in [-0.2, -0.15) is 0 Å². The summed E-state index contributed by atoms with van der Waals surface area (Å²) in [5.41, 5.74) is 1.09. The van der Waals surface area contributed by atoms with E-state index in [1.807, 2.05) is 0 Å². The van der Waals surface area contributed by atoms with E-state index in [4.69, 9.17) is 0 Å². The number of halogens is 1. The fraction of sp³-hybridized carbons (Fsp3) is 0.636. The second-order valence-electron chi connectivity index (χ2n) is 3.62. The second kappa shape index (κ2) is 6.08. The van der Waals surface area contributed by atoms with Crippen LogP contribution in [-0.2, 0) is 0 Å². The lowest BCUT2D eigenvalue weighted by molar-refractivity contribution is 0.141. The Hall–Kier alpha value is 0.390. The summed E-state index contributed by atoms with van der Waals surface area (Å²) in [6.07, 6.45) is 2.96. The zero-order valence-electron chi connectivity index (χ0n) is 8.66. The number of hydrogen-bond donors (Lipinski definition) is 1. The van der Waals surface area contributed by atoms with Gasteiger partial charge in [0, 0.05) is 0 Å². The van der Waals surface area contributed by atoms with E-state index in [0.717, 1.165) is 24.8 Å². The van der Waals surface area contributed by atoms with Gasteiger partial charge in [0.1, 0.15) is 0 Å². The maximum absolute atomic E-state index is 9.97. The van der Waals surface area contributed by atoms with Crippen molar-refractivity contribution in [3.05, 3.63) is 19.9 Å². The van der Waals surface area contributed by atoms with Gasteiger partial charge in [0.05, 0.1) is 8.99 Å². The number of aliphatic hydroxyl groups excluding tert-OH is 1. The molecule has 0 aliphatic rings. The van der Waals surface area contributed by atoms with E-state index in [1.165, 1.54) is 2.88 Å². The molecule has 0 aromatic carbocycles. The Labute approximate surface area is 104 Å². The minimum atomic E-state index is -0.264. The van der Waals surface area contributed by atoms with E-state index in [2.05, 4.69) is 47.9 Å². The molecular weight excluding hydrogens is 307 g/mol. The van der Waals surface area contributed by atoms with Crippen LogP contribution >= 0.6 is 33.9 Å². The molecule has 0 aliphatic carbocycles. The summed E-state index contributed by atoms with van der Waals surface area (Å²) < 4.78 is 1.25. The first-order valence-corrected chi connectivity index (χ1v) is 7.05. The molecule has 0 radical (unpaired) electrons. The molecule has 3 heteroatoms. The van der Waals surface area contributed by atoms with Gasteiger partial charge in [-0.15, -0.1) is 11.3 Å². The highest BCUT2D eigenvalue weighted by molar-refractivity contribution is 14.1. The van der Waals surface area contributed by atoms with Crippen LogP contribution in [0.25, 0.3) is 0 Å². The molecule has 0 spiro atoms. The summed E-state index contributed by atoms with van der Waals surface area (Å²) >= 11 is 4.00. The van der Waals surface area contributed by atoms with Gasteiger partial charge in [-0.25, -0.2) is 0 Å². The van der Waals surface area contributed by atoms with Crippen LogP contribution in [0.15, 0.2) is 11.4 Å². The molecule has 1 atom stereocenters. The predicted octanol–water partition coefficient (Wildman–Crippen LogP) is 4.21. The van der Waals surface area contributed by atoms with Crippen molar-refractivity contribution in [3.63, 3.8) is 0 Å². The Balaban J connectivity index is 2.53. The van der Waals surface area contributed by atoms with E-state index in [0.29, 0.717) is 5.92 Å². The fourth-order valence-electron chi connectivity index (χ4n) is 1.57. The zero-order chi connectivity index (χ0) is 10.6. The lowest BCUT2D eigenvalue weighted by Gasteiger charge is -2.16. The molecule has 1 aromatic heterocycles. The van der Waals surface area contributed by atoms with Gasteiger partial charge < -0.3 is 5.11 Å². The molecule has 1 N–H and O–H groups in total. The third kappa shape index (κ3) is 3.51. The maximum Gasteiger partial charge on any atom is 0.0801 e. The van der Waals surface area contributed by atoms with E-state index < -0.39 is 0 Å². The minimum Gasteiger partial charge on any atom is -0.388 e. The molecule has 0 aliphatic heterocycles. The molecule has 1 heterocycles. The Bertz CT molecular complexity index is 268. The van der Waals surface area contributed by atoms with Crippen molar-refractivity contribution in [3.8, 4) is 0 Å². The van der Waals surface area contributed by atoms with Crippen LogP contribution < -0.4 is 0 Å². The Morgan fingerprint density at radius 1 is 1.43 bits per heavy atom. The average molecular weight is 324 g/mol. The highest BCUT2D eigenvalue weighted by atomic mass is 127. The molecule has 1 aromatic rings. The van der Waals surface area contributed by atoms with Crippen LogP contribution in [0, 0.1) is 8.80 Å². The Morgan fingerprint density at radius 3 is 2.50 bits per heavy atom. The molecule has 0 saturated heterocycles. The molecule has 1 rings (SSSR count). The van der Waals surface area contributed by atoms with Gasteiger partial charge in [0.25, 0.3) is 0 Å². The van der Waals surface area contributed by atoms with Crippen LogP contribution in [0.1, 0.15) is 44.8 Å². The molecule has 0 bridgehead atoms. The first kappa shape index (κ1) is 12.5. The monoisotopic (exact) mass is 324 g/mol. The number of aliphatic hydroxyl groups is 1. The Kier molecular flexibility index (Phi) is 5.41. The molecule has 1 nitrogen and oxygen atoms in total. The second-order valence-corrected chi connectivity index (χ2v) is 6.42. The first-order chi connectivity index (χ1) is 6.67. The summed E-state index contributed by atoms with van der Waals surface area (Å²) in [6, 6.07) is 2.08. The molecule has 14 heavy (non-hydrogen) atoms. The summed E-state index contributed by atoms with van der Waals surface area (Å²) in [5.74, 6) is 0.655. The van der Waals surface area contributed by atoms with E-state index >= 15 is 0 Å². The summed E-state index contributed by atoms with van der Waals surface area (Å²) in [7, 11) is 0. The van der Waals surface area contributed by atoms with Gasteiger partial charge in [-0.3, -0.25) is 0 Å². The number of hydrogen-bond acceptors (Lipinski definition) is 2. The van der Waals surface area contributed by atoms with Crippen molar-refractivity contribution in [2.24, 2.45) is 5.92 Å². The highest BCUT2D eigenvalue weighted by Crippen LogP contribution is 2.28. The van der Waals surface area contributed by atoms with Gasteiger partial charge in [-0.05, 0) is 51.9 Å². The van der Waals surface area contributed by atoms with E-state index in [9.17, 15) is 5.11 Å². The predicted molar refractivity (Wildman–Crippen MR) is 70.7 cm³/mol. The van der Waals surface area contributed by atoms with Crippen molar-refractivity contribution in [1.29, 1.82) is 0 Å². The zero-order valence-corrected chi connectivity index (χ0v) is 11.6. The molecule has 0 saturated carbocycles. The fourth-order valence-corrected chi connectivity index (χ4v) is 2.99.